The number of carbonyl (C=O) groups excluding carboxylic acids is 1. The Morgan fingerprint density at radius 3 is 2.50 bits per heavy atom. The molecule has 0 fully saturated rings. The standard InChI is InChI=1S/C16H15N5O/c22-16(9-6-13-4-2-1-3-5-13)20-14-7-8-15(17-10-14)21-11-18-19-12-21/h1-5,7-8,10-12H,6,9H2,(H,20,22). The van der Waals surface area contributed by atoms with Gasteiger partial charge in [-0.05, 0) is 24.1 Å². The largest absolute Gasteiger partial charge is 0.325 e. The third kappa shape index (κ3) is 3.54. The number of pyridine rings is 1. The molecule has 2 heterocycles. The van der Waals surface area contributed by atoms with E-state index in [9.17, 15) is 4.79 Å². The first-order valence-electron chi connectivity index (χ1n) is 6.96. The summed E-state index contributed by atoms with van der Waals surface area (Å²) < 4.78 is 1.70. The summed E-state index contributed by atoms with van der Waals surface area (Å²) in [5.74, 6) is 0.676. The van der Waals surface area contributed by atoms with Gasteiger partial charge < -0.3 is 5.32 Å². The Bertz CT molecular complexity index is 723. The lowest BCUT2D eigenvalue weighted by atomic mass is 10.1. The molecule has 0 saturated carbocycles. The van der Waals surface area contributed by atoms with Crippen LogP contribution in [-0.2, 0) is 11.2 Å². The van der Waals surface area contributed by atoms with Gasteiger partial charge in [0.1, 0.15) is 18.5 Å². The molecule has 2 aromatic heterocycles. The number of amides is 1. The lowest BCUT2D eigenvalue weighted by Crippen LogP contribution is -2.12. The predicted octanol–water partition coefficient (Wildman–Crippen LogP) is 2.23. The van der Waals surface area contributed by atoms with E-state index in [0.29, 0.717) is 17.9 Å². The Labute approximate surface area is 127 Å². The van der Waals surface area contributed by atoms with Crippen molar-refractivity contribution < 1.29 is 4.79 Å². The van der Waals surface area contributed by atoms with E-state index in [1.165, 1.54) is 0 Å². The minimum absolute atomic E-state index is 0.0253. The molecule has 3 rings (SSSR count). The molecule has 0 spiro atoms. The molecule has 6 heteroatoms. The van der Waals surface area contributed by atoms with E-state index in [2.05, 4.69) is 20.5 Å². The molecule has 6 nitrogen and oxygen atoms in total. The van der Waals surface area contributed by atoms with Crippen LogP contribution in [0, 0.1) is 0 Å². The first-order valence-corrected chi connectivity index (χ1v) is 6.96. The topological polar surface area (TPSA) is 72.7 Å². The van der Waals surface area contributed by atoms with Crippen molar-refractivity contribution in [2.24, 2.45) is 0 Å². The van der Waals surface area contributed by atoms with Crippen molar-refractivity contribution in [1.29, 1.82) is 0 Å². The van der Waals surface area contributed by atoms with Crippen LogP contribution >= 0.6 is 0 Å². The van der Waals surface area contributed by atoms with Crippen molar-refractivity contribution in [3.63, 3.8) is 0 Å². The van der Waals surface area contributed by atoms with Gasteiger partial charge in [0.25, 0.3) is 0 Å². The number of anilines is 1. The average Bonchev–Trinajstić information content (AvgIpc) is 3.09. The summed E-state index contributed by atoms with van der Waals surface area (Å²) in [6, 6.07) is 13.6. The van der Waals surface area contributed by atoms with Crippen LogP contribution in [0.5, 0.6) is 0 Å². The van der Waals surface area contributed by atoms with Gasteiger partial charge in [-0.1, -0.05) is 30.3 Å². The second kappa shape index (κ2) is 6.62. The second-order valence-corrected chi connectivity index (χ2v) is 4.81. The van der Waals surface area contributed by atoms with Gasteiger partial charge in [-0.25, -0.2) is 4.98 Å². The van der Waals surface area contributed by atoms with E-state index in [0.717, 1.165) is 12.0 Å². The van der Waals surface area contributed by atoms with Crippen LogP contribution in [-0.4, -0.2) is 25.7 Å². The number of hydrogen-bond donors (Lipinski definition) is 1. The van der Waals surface area contributed by atoms with Crippen molar-refractivity contribution in [3.8, 4) is 5.82 Å². The number of aryl methyl sites for hydroxylation is 1. The number of nitrogens with one attached hydrogen (secondary N) is 1. The van der Waals surface area contributed by atoms with Gasteiger partial charge in [-0.2, -0.15) is 0 Å². The summed E-state index contributed by atoms with van der Waals surface area (Å²) in [5, 5.41) is 10.3. The maximum atomic E-state index is 11.9. The lowest BCUT2D eigenvalue weighted by molar-refractivity contribution is -0.116. The molecule has 0 radical (unpaired) electrons. The first kappa shape index (κ1) is 13.9. The highest BCUT2D eigenvalue weighted by atomic mass is 16.1. The van der Waals surface area contributed by atoms with Crippen LogP contribution in [0.25, 0.3) is 5.82 Å². The summed E-state index contributed by atoms with van der Waals surface area (Å²) in [5.41, 5.74) is 1.83. The minimum atomic E-state index is -0.0253. The smallest absolute Gasteiger partial charge is 0.224 e. The maximum absolute atomic E-state index is 11.9. The predicted molar refractivity (Wildman–Crippen MR) is 82.5 cm³/mol. The second-order valence-electron chi connectivity index (χ2n) is 4.81. The van der Waals surface area contributed by atoms with Gasteiger partial charge in [-0.3, -0.25) is 9.36 Å². The molecule has 22 heavy (non-hydrogen) atoms. The van der Waals surface area contributed by atoms with Crippen LogP contribution in [0.3, 0.4) is 0 Å². The molecule has 0 aliphatic carbocycles. The molecule has 1 N–H and O–H groups in total. The first-order chi connectivity index (χ1) is 10.8. The third-order valence-corrected chi connectivity index (χ3v) is 3.20. The van der Waals surface area contributed by atoms with Gasteiger partial charge in [-0.15, -0.1) is 10.2 Å². The highest BCUT2D eigenvalue weighted by Crippen LogP contribution is 2.10. The van der Waals surface area contributed by atoms with Crippen molar-refractivity contribution in [1.82, 2.24) is 19.7 Å². The molecular weight excluding hydrogens is 278 g/mol. The highest BCUT2D eigenvalue weighted by molar-refractivity contribution is 5.90. The fourth-order valence-electron chi connectivity index (χ4n) is 2.06. The Morgan fingerprint density at radius 1 is 1.05 bits per heavy atom. The van der Waals surface area contributed by atoms with E-state index in [1.807, 2.05) is 36.4 Å². The number of hydrogen-bond acceptors (Lipinski definition) is 4. The van der Waals surface area contributed by atoms with Crippen LogP contribution in [0.1, 0.15) is 12.0 Å². The molecule has 3 aromatic rings. The monoisotopic (exact) mass is 293 g/mol. The van der Waals surface area contributed by atoms with Crippen LogP contribution in [0.4, 0.5) is 5.69 Å². The van der Waals surface area contributed by atoms with Gasteiger partial charge in [0.05, 0.1) is 11.9 Å². The molecule has 110 valence electrons. The molecule has 1 aromatic carbocycles. The summed E-state index contributed by atoms with van der Waals surface area (Å²) in [6.45, 7) is 0. The van der Waals surface area contributed by atoms with E-state index in [-0.39, 0.29) is 5.91 Å². The molecule has 1 amide bonds. The summed E-state index contributed by atoms with van der Waals surface area (Å²) in [4.78, 5) is 16.2. The molecule has 0 aliphatic heterocycles. The minimum Gasteiger partial charge on any atom is -0.325 e. The van der Waals surface area contributed by atoms with E-state index in [1.54, 1.807) is 29.5 Å². The van der Waals surface area contributed by atoms with Crippen molar-refractivity contribution in [2.75, 3.05) is 5.32 Å². The molecule has 0 saturated heterocycles. The van der Waals surface area contributed by atoms with Crippen LogP contribution in [0.15, 0.2) is 61.3 Å². The molecule has 0 unspecified atom stereocenters. The fraction of sp³-hybridized carbons (Fsp3) is 0.125. The summed E-state index contributed by atoms with van der Waals surface area (Å²) >= 11 is 0. The Balaban J connectivity index is 1.55. The number of nitrogens with zero attached hydrogens (tertiary/aromatic N) is 4. The summed E-state index contributed by atoms with van der Waals surface area (Å²) in [7, 11) is 0. The molecule has 0 atom stereocenters. The van der Waals surface area contributed by atoms with Crippen molar-refractivity contribution in [2.45, 2.75) is 12.8 Å². The Hall–Kier alpha value is -3.02. The molecule has 0 bridgehead atoms. The normalized spacial score (nSPS) is 10.4. The van der Waals surface area contributed by atoms with Crippen LogP contribution < -0.4 is 5.32 Å². The lowest BCUT2D eigenvalue weighted by Gasteiger charge is -2.06. The zero-order chi connectivity index (χ0) is 15.2. The number of benzene rings is 1. The quantitative estimate of drug-likeness (QED) is 0.783. The zero-order valence-corrected chi connectivity index (χ0v) is 11.9. The van der Waals surface area contributed by atoms with Crippen LogP contribution in [0.2, 0.25) is 0 Å². The average molecular weight is 293 g/mol. The maximum Gasteiger partial charge on any atom is 0.224 e. The van der Waals surface area contributed by atoms with Crippen molar-refractivity contribution >= 4 is 11.6 Å². The molecular formula is C16H15N5O. The van der Waals surface area contributed by atoms with E-state index in [4.69, 9.17) is 0 Å². The number of rotatable bonds is 5. The van der Waals surface area contributed by atoms with Crippen molar-refractivity contribution in [3.05, 3.63) is 66.9 Å². The third-order valence-electron chi connectivity index (χ3n) is 3.20. The number of aromatic nitrogens is 4. The zero-order valence-electron chi connectivity index (χ0n) is 11.9. The molecule has 0 aliphatic rings. The van der Waals surface area contributed by atoms with E-state index < -0.39 is 0 Å². The number of carbonyl (C=O) groups is 1. The van der Waals surface area contributed by atoms with Gasteiger partial charge >= 0.3 is 0 Å². The fourth-order valence-corrected chi connectivity index (χ4v) is 2.06. The van der Waals surface area contributed by atoms with E-state index >= 15 is 0 Å². The van der Waals surface area contributed by atoms with Gasteiger partial charge in [0.2, 0.25) is 5.91 Å². The van der Waals surface area contributed by atoms with Gasteiger partial charge in [0, 0.05) is 6.42 Å². The SMILES string of the molecule is O=C(CCc1ccccc1)Nc1ccc(-n2cnnc2)nc1. The highest BCUT2D eigenvalue weighted by Gasteiger charge is 2.04. The Morgan fingerprint density at radius 2 is 1.82 bits per heavy atom. The van der Waals surface area contributed by atoms with Gasteiger partial charge in [0.15, 0.2) is 0 Å². The summed E-state index contributed by atoms with van der Waals surface area (Å²) in [6.07, 6.45) is 5.92. The Kier molecular flexibility index (Phi) is 4.20.